The lowest BCUT2D eigenvalue weighted by Crippen LogP contribution is -1.99. The molecule has 0 aliphatic carbocycles. The van der Waals surface area contributed by atoms with Crippen molar-refractivity contribution < 1.29 is 4.74 Å². The maximum absolute atomic E-state index is 6.17. The van der Waals surface area contributed by atoms with Crippen LogP contribution in [0.15, 0.2) is 85.7 Å². The summed E-state index contributed by atoms with van der Waals surface area (Å²) in [6.45, 7) is 8.73. The molecular formula is C30H26INO. The van der Waals surface area contributed by atoms with E-state index < -0.39 is 0 Å². The van der Waals surface area contributed by atoms with E-state index in [-0.39, 0.29) is 0 Å². The van der Waals surface area contributed by atoms with Crippen molar-refractivity contribution in [3.8, 4) is 16.9 Å². The second kappa shape index (κ2) is 10.6. The number of benzene rings is 3. The van der Waals surface area contributed by atoms with Crippen molar-refractivity contribution in [2.45, 2.75) is 20.5 Å². The molecule has 33 heavy (non-hydrogen) atoms. The normalized spacial score (nSPS) is 11.0. The molecule has 164 valence electrons. The smallest absolute Gasteiger partial charge is 0.127 e. The molecular weight excluding hydrogens is 517 g/mol. The van der Waals surface area contributed by atoms with E-state index >= 15 is 0 Å². The molecule has 2 nitrogen and oxygen atoms in total. The average molecular weight is 543 g/mol. The van der Waals surface area contributed by atoms with Crippen LogP contribution in [0.1, 0.15) is 33.4 Å². The summed E-state index contributed by atoms with van der Waals surface area (Å²) in [6, 6.07) is 23.3. The van der Waals surface area contributed by atoms with Crippen molar-refractivity contribution in [2.24, 2.45) is 0 Å². The molecule has 0 unspecified atom stereocenters. The zero-order chi connectivity index (χ0) is 23.2. The molecule has 0 aliphatic rings. The van der Waals surface area contributed by atoms with Crippen LogP contribution >= 0.6 is 22.6 Å². The van der Waals surface area contributed by atoms with E-state index in [4.69, 9.17) is 4.74 Å². The summed E-state index contributed by atoms with van der Waals surface area (Å²) in [5.41, 5.74) is 9.30. The zero-order valence-corrected chi connectivity index (χ0v) is 21.0. The third-order valence-corrected chi connectivity index (χ3v) is 6.27. The monoisotopic (exact) mass is 543 g/mol. The van der Waals surface area contributed by atoms with Crippen LogP contribution in [0.25, 0.3) is 29.4 Å². The summed E-state index contributed by atoms with van der Waals surface area (Å²) < 4.78 is 7.26. The molecule has 4 aromatic rings. The Balaban J connectivity index is 1.62. The van der Waals surface area contributed by atoms with Crippen LogP contribution in [0.3, 0.4) is 0 Å². The van der Waals surface area contributed by atoms with Gasteiger partial charge in [0.1, 0.15) is 12.4 Å². The number of pyridine rings is 1. The fourth-order valence-corrected chi connectivity index (χ4v) is 4.39. The molecule has 0 saturated heterocycles. The summed E-state index contributed by atoms with van der Waals surface area (Å²) in [6.07, 6.45) is 9.87. The number of hydrogen-bond donors (Lipinski definition) is 0. The zero-order valence-electron chi connectivity index (χ0n) is 18.9. The number of hydrogen-bond acceptors (Lipinski definition) is 2. The van der Waals surface area contributed by atoms with Gasteiger partial charge < -0.3 is 4.74 Å². The number of halogens is 1. The topological polar surface area (TPSA) is 22.1 Å². The average Bonchev–Trinajstić information content (AvgIpc) is 2.83. The summed E-state index contributed by atoms with van der Waals surface area (Å²) in [5.74, 6) is 0.823. The van der Waals surface area contributed by atoms with Gasteiger partial charge in [0.2, 0.25) is 0 Å². The number of nitrogens with zero attached hydrogens (tertiary/aromatic N) is 1. The molecule has 0 radical (unpaired) electrons. The van der Waals surface area contributed by atoms with Crippen LogP contribution in [0.5, 0.6) is 5.75 Å². The van der Waals surface area contributed by atoms with Gasteiger partial charge in [-0.3, -0.25) is 4.98 Å². The Morgan fingerprint density at radius 1 is 0.879 bits per heavy atom. The van der Waals surface area contributed by atoms with E-state index in [2.05, 4.69) is 121 Å². The second-order valence-electron chi connectivity index (χ2n) is 7.97. The molecule has 3 aromatic carbocycles. The molecule has 0 bridgehead atoms. The highest BCUT2D eigenvalue weighted by atomic mass is 127. The SMILES string of the molecule is C=Cc1cc(C)c(/C=C/c2cccc(-c3ccccc3)c2C)cc1OCc1cncc(I)c1. The first-order chi connectivity index (χ1) is 16.0. The fraction of sp³-hybridized carbons (Fsp3) is 0.100. The van der Waals surface area contributed by atoms with Gasteiger partial charge in [-0.15, -0.1) is 0 Å². The minimum atomic E-state index is 0.467. The largest absolute Gasteiger partial charge is 0.488 e. The molecule has 4 rings (SSSR count). The lowest BCUT2D eigenvalue weighted by atomic mass is 9.95. The van der Waals surface area contributed by atoms with Gasteiger partial charge in [0, 0.05) is 27.1 Å². The molecule has 3 heteroatoms. The molecule has 0 fully saturated rings. The standard InChI is InChI=1S/C30H26INO/c1-4-24-15-21(2)27(17-30(24)33-20-23-16-28(31)19-32-18-23)14-13-25-11-8-12-29(22(25)3)26-9-6-5-7-10-26/h4-19H,1,20H2,2-3H3/b14-13+. The minimum absolute atomic E-state index is 0.467. The van der Waals surface area contributed by atoms with E-state index in [0.29, 0.717) is 6.61 Å². The fourth-order valence-electron chi connectivity index (χ4n) is 3.83. The van der Waals surface area contributed by atoms with Crippen molar-refractivity contribution in [3.63, 3.8) is 0 Å². The van der Waals surface area contributed by atoms with Gasteiger partial charge in [0.15, 0.2) is 0 Å². The van der Waals surface area contributed by atoms with Gasteiger partial charge in [-0.25, -0.2) is 0 Å². The highest BCUT2D eigenvalue weighted by Crippen LogP contribution is 2.29. The van der Waals surface area contributed by atoms with Crippen molar-refractivity contribution >= 4 is 40.8 Å². The summed E-state index contributed by atoms with van der Waals surface area (Å²) >= 11 is 2.27. The van der Waals surface area contributed by atoms with Crippen molar-refractivity contribution in [1.82, 2.24) is 4.98 Å². The van der Waals surface area contributed by atoms with Crippen molar-refractivity contribution in [2.75, 3.05) is 0 Å². The third kappa shape index (κ3) is 5.60. The highest BCUT2D eigenvalue weighted by Gasteiger charge is 2.08. The quantitative estimate of drug-likeness (QED) is 0.173. The Hall–Kier alpha value is -3.18. The predicted molar refractivity (Wildman–Crippen MR) is 148 cm³/mol. The molecule has 1 heterocycles. The third-order valence-electron chi connectivity index (χ3n) is 5.68. The number of ether oxygens (including phenoxy) is 1. The molecule has 1 aromatic heterocycles. The van der Waals surface area contributed by atoms with Gasteiger partial charge in [0.25, 0.3) is 0 Å². The Kier molecular flexibility index (Phi) is 7.40. The van der Waals surface area contributed by atoms with E-state index in [1.807, 2.05) is 24.5 Å². The van der Waals surface area contributed by atoms with E-state index in [0.717, 1.165) is 26.0 Å². The van der Waals surface area contributed by atoms with Crippen LogP contribution in [0.4, 0.5) is 0 Å². The Labute approximate surface area is 209 Å². The second-order valence-corrected chi connectivity index (χ2v) is 9.22. The van der Waals surface area contributed by atoms with Gasteiger partial charge in [-0.05, 0) is 88.0 Å². The Bertz CT molecular complexity index is 1310. The first kappa shape index (κ1) is 23.0. The lowest BCUT2D eigenvalue weighted by Gasteiger charge is -2.13. The minimum Gasteiger partial charge on any atom is -0.488 e. The van der Waals surface area contributed by atoms with Gasteiger partial charge in [0.05, 0.1) is 0 Å². The predicted octanol–water partition coefficient (Wildman–Crippen LogP) is 8.36. The Morgan fingerprint density at radius 3 is 2.42 bits per heavy atom. The number of aryl methyl sites for hydroxylation is 1. The number of rotatable bonds is 7. The first-order valence-electron chi connectivity index (χ1n) is 10.9. The maximum atomic E-state index is 6.17. The number of aromatic nitrogens is 1. The van der Waals surface area contributed by atoms with Crippen LogP contribution in [-0.2, 0) is 6.61 Å². The first-order valence-corrected chi connectivity index (χ1v) is 12.0. The van der Waals surface area contributed by atoms with E-state index in [1.54, 1.807) is 0 Å². The van der Waals surface area contributed by atoms with Crippen LogP contribution < -0.4 is 4.74 Å². The molecule has 0 amide bonds. The molecule has 0 atom stereocenters. The summed E-state index contributed by atoms with van der Waals surface area (Å²) in [4.78, 5) is 4.25. The van der Waals surface area contributed by atoms with Gasteiger partial charge >= 0.3 is 0 Å². The molecule has 0 spiro atoms. The molecule has 0 N–H and O–H groups in total. The summed E-state index contributed by atoms with van der Waals surface area (Å²) in [7, 11) is 0. The van der Waals surface area contributed by atoms with Crippen LogP contribution in [0, 0.1) is 17.4 Å². The van der Waals surface area contributed by atoms with Gasteiger partial charge in [-0.2, -0.15) is 0 Å². The molecule has 0 saturated carbocycles. The van der Waals surface area contributed by atoms with E-state index in [9.17, 15) is 0 Å². The summed E-state index contributed by atoms with van der Waals surface area (Å²) in [5, 5.41) is 0. The van der Waals surface area contributed by atoms with Gasteiger partial charge in [-0.1, -0.05) is 73.3 Å². The van der Waals surface area contributed by atoms with Crippen molar-refractivity contribution in [3.05, 3.63) is 123 Å². The lowest BCUT2D eigenvalue weighted by molar-refractivity contribution is 0.305. The van der Waals surface area contributed by atoms with Crippen LogP contribution in [0.2, 0.25) is 0 Å². The maximum Gasteiger partial charge on any atom is 0.127 e. The highest BCUT2D eigenvalue weighted by molar-refractivity contribution is 14.1. The van der Waals surface area contributed by atoms with E-state index in [1.165, 1.54) is 27.8 Å². The van der Waals surface area contributed by atoms with Crippen molar-refractivity contribution in [1.29, 1.82) is 0 Å². The van der Waals surface area contributed by atoms with Crippen LogP contribution in [-0.4, -0.2) is 4.98 Å². The Morgan fingerprint density at radius 2 is 1.67 bits per heavy atom. The molecule has 0 aliphatic heterocycles.